The van der Waals surface area contributed by atoms with Gasteiger partial charge in [0.2, 0.25) is 5.91 Å². The zero-order valence-electron chi connectivity index (χ0n) is 9.52. The zero-order chi connectivity index (χ0) is 12.3. The van der Waals surface area contributed by atoms with Crippen LogP contribution in [0.2, 0.25) is 0 Å². The highest BCUT2D eigenvalue weighted by Gasteiger charge is 2.36. The Hall–Kier alpha value is -1.85. The number of aliphatic carboxylic acids is 1. The van der Waals surface area contributed by atoms with Crippen LogP contribution < -0.4 is 5.32 Å². The van der Waals surface area contributed by atoms with Crippen molar-refractivity contribution in [3.63, 3.8) is 0 Å². The molecule has 0 unspecified atom stereocenters. The van der Waals surface area contributed by atoms with Crippen LogP contribution in [0.3, 0.4) is 0 Å². The van der Waals surface area contributed by atoms with Crippen molar-refractivity contribution < 1.29 is 14.7 Å². The maximum absolute atomic E-state index is 11.6. The largest absolute Gasteiger partial charge is 0.480 e. The fourth-order valence-corrected chi connectivity index (χ4v) is 0.986. The highest BCUT2D eigenvalue weighted by molar-refractivity contribution is 6.07. The molecule has 1 aromatic rings. The molecule has 2 N–H and O–H groups in total. The molecule has 0 aliphatic rings. The van der Waals surface area contributed by atoms with Gasteiger partial charge in [-0.1, -0.05) is 0 Å². The first-order valence-corrected chi connectivity index (χ1v) is 4.95. The average molecular weight is 225 g/mol. The second kappa shape index (κ2) is 4.34. The van der Waals surface area contributed by atoms with Gasteiger partial charge in [0.25, 0.3) is 0 Å². The van der Waals surface area contributed by atoms with Gasteiger partial charge in [0.05, 0.1) is 11.9 Å². The van der Waals surface area contributed by atoms with Crippen LogP contribution in [0.15, 0.2) is 12.4 Å². The van der Waals surface area contributed by atoms with Crippen molar-refractivity contribution in [2.45, 2.75) is 27.3 Å². The Morgan fingerprint density at radius 3 is 2.62 bits per heavy atom. The SMILES string of the molecule is CCn1cc(NC(=O)C(C)(C)C(=O)O)cn1. The normalized spacial score (nSPS) is 11.2. The summed E-state index contributed by atoms with van der Waals surface area (Å²) in [7, 11) is 0. The minimum absolute atomic E-state index is 0.501. The summed E-state index contributed by atoms with van der Waals surface area (Å²) in [6.45, 7) is 5.32. The molecule has 88 valence electrons. The van der Waals surface area contributed by atoms with E-state index < -0.39 is 17.3 Å². The van der Waals surface area contributed by atoms with Crippen LogP contribution in [0, 0.1) is 5.41 Å². The summed E-state index contributed by atoms with van der Waals surface area (Å²) in [5.41, 5.74) is -0.949. The van der Waals surface area contributed by atoms with Gasteiger partial charge in [0.15, 0.2) is 0 Å². The summed E-state index contributed by atoms with van der Waals surface area (Å²) in [4.78, 5) is 22.5. The fraction of sp³-hybridized carbons (Fsp3) is 0.500. The Balaban J connectivity index is 2.75. The Morgan fingerprint density at radius 1 is 1.56 bits per heavy atom. The van der Waals surface area contributed by atoms with Crippen LogP contribution >= 0.6 is 0 Å². The Kier molecular flexibility index (Phi) is 3.31. The average Bonchev–Trinajstić information content (AvgIpc) is 2.65. The van der Waals surface area contributed by atoms with Gasteiger partial charge >= 0.3 is 5.97 Å². The molecule has 0 aliphatic carbocycles. The first-order chi connectivity index (χ1) is 7.37. The van der Waals surface area contributed by atoms with E-state index in [0.29, 0.717) is 12.2 Å². The molecule has 6 nitrogen and oxygen atoms in total. The summed E-state index contributed by atoms with van der Waals surface area (Å²) in [5.74, 6) is -1.72. The minimum atomic E-state index is -1.45. The third-order valence-electron chi connectivity index (χ3n) is 2.32. The van der Waals surface area contributed by atoms with Crippen LogP contribution in [-0.2, 0) is 16.1 Å². The zero-order valence-corrected chi connectivity index (χ0v) is 9.52. The molecule has 0 aliphatic heterocycles. The Labute approximate surface area is 93.3 Å². The van der Waals surface area contributed by atoms with Crippen LogP contribution in [0.25, 0.3) is 0 Å². The number of carbonyl (C=O) groups is 2. The topological polar surface area (TPSA) is 84.2 Å². The van der Waals surface area contributed by atoms with Crippen LogP contribution in [0.5, 0.6) is 0 Å². The van der Waals surface area contributed by atoms with Gasteiger partial charge in [0.1, 0.15) is 5.41 Å². The number of carboxylic acids is 1. The van der Waals surface area contributed by atoms with E-state index in [2.05, 4.69) is 10.4 Å². The number of aryl methyl sites for hydroxylation is 1. The van der Waals surface area contributed by atoms with Crippen molar-refractivity contribution in [1.82, 2.24) is 9.78 Å². The maximum Gasteiger partial charge on any atom is 0.318 e. The lowest BCUT2D eigenvalue weighted by Gasteiger charge is -2.17. The van der Waals surface area contributed by atoms with Crippen molar-refractivity contribution in [2.24, 2.45) is 5.41 Å². The van der Waals surface area contributed by atoms with Gasteiger partial charge in [-0.3, -0.25) is 14.3 Å². The van der Waals surface area contributed by atoms with E-state index >= 15 is 0 Å². The molecular formula is C10H15N3O3. The molecule has 0 atom stereocenters. The molecular weight excluding hydrogens is 210 g/mol. The van der Waals surface area contributed by atoms with Gasteiger partial charge in [-0.2, -0.15) is 5.10 Å². The summed E-state index contributed by atoms with van der Waals surface area (Å²) in [5, 5.41) is 15.3. The van der Waals surface area contributed by atoms with Crippen LogP contribution in [-0.4, -0.2) is 26.8 Å². The lowest BCUT2D eigenvalue weighted by atomic mass is 9.93. The number of hydrogen-bond acceptors (Lipinski definition) is 3. The first kappa shape index (κ1) is 12.2. The molecule has 0 saturated heterocycles. The van der Waals surface area contributed by atoms with Gasteiger partial charge in [-0.15, -0.1) is 0 Å². The number of carboxylic acid groups (broad SMARTS) is 1. The molecule has 6 heteroatoms. The number of hydrogen-bond donors (Lipinski definition) is 2. The van der Waals surface area contributed by atoms with Crippen LogP contribution in [0.1, 0.15) is 20.8 Å². The molecule has 1 amide bonds. The van der Waals surface area contributed by atoms with E-state index in [0.717, 1.165) is 0 Å². The third kappa shape index (κ3) is 2.39. The second-order valence-corrected chi connectivity index (χ2v) is 3.97. The summed E-state index contributed by atoms with van der Waals surface area (Å²) in [6.07, 6.45) is 3.13. The van der Waals surface area contributed by atoms with Gasteiger partial charge in [0, 0.05) is 12.7 Å². The van der Waals surface area contributed by atoms with Crippen molar-refractivity contribution in [1.29, 1.82) is 0 Å². The molecule has 0 radical (unpaired) electrons. The Bertz CT molecular complexity index is 409. The van der Waals surface area contributed by atoms with Crippen molar-refractivity contribution in [3.05, 3.63) is 12.4 Å². The molecule has 1 rings (SSSR count). The Morgan fingerprint density at radius 2 is 2.19 bits per heavy atom. The summed E-state index contributed by atoms with van der Waals surface area (Å²) < 4.78 is 1.64. The molecule has 16 heavy (non-hydrogen) atoms. The van der Waals surface area contributed by atoms with Crippen molar-refractivity contribution in [3.8, 4) is 0 Å². The van der Waals surface area contributed by atoms with Gasteiger partial charge in [-0.25, -0.2) is 0 Å². The minimum Gasteiger partial charge on any atom is -0.480 e. The lowest BCUT2D eigenvalue weighted by molar-refractivity contribution is -0.151. The number of aromatic nitrogens is 2. The molecule has 1 heterocycles. The molecule has 1 aromatic heterocycles. The second-order valence-electron chi connectivity index (χ2n) is 3.97. The molecule has 0 spiro atoms. The monoisotopic (exact) mass is 225 g/mol. The van der Waals surface area contributed by atoms with Crippen molar-refractivity contribution in [2.75, 3.05) is 5.32 Å². The van der Waals surface area contributed by atoms with Gasteiger partial charge < -0.3 is 10.4 Å². The van der Waals surface area contributed by atoms with Crippen LogP contribution in [0.4, 0.5) is 5.69 Å². The fourth-order valence-electron chi connectivity index (χ4n) is 0.986. The van der Waals surface area contributed by atoms with Gasteiger partial charge in [-0.05, 0) is 20.8 Å². The predicted molar refractivity (Wildman–Crippen MR) is 57.9 cm³/mol. The van der Waals surface area contributed by atoms with E-state index in [9.17, 15) is 9.59 Å². The highest BCUT2D eigenvalue weighted by Crippen LogP contribution is 2.18. The maximum atomic E-state index is 11.6. The van der Waals surface area contributed by atoms with E-state index in [1.165, 1.54) is 20.0 Å². The number of anilines is 1. The third-order valence-corrected chi connectivity index (χ3v) is 2.32. The standard InChI is InChI=1S/C10H15N3O3/c1-4-13-6-7(5-11-13)12-8(14)10(2,3)9(15)16/h5-6H,4H2,1-3H3,(H,12,14)(H,15,16). The summed E-state index contributed by atoms with van der Waals surface area (Å²) in [6, 6.07) is 0. The van der Waals surface area contributed by atoms with E-state index in [-0.39, 0.29) is 0 Å². The molecule has 0 aromatic carbocycles. The lowest BCUT2D eigenvalue weighted by Crippen LogP contribution is -2.37. The number of rotatable bonds is 4. The number of carbonyl (C=O) groups excluding carboxylic acids is 1. The number of nitrogens with zero attached hydrogens (tertiary/aromatic N) is 2. The number of amides is 1. The van der Waals surface area contributed by atoms with E-state index in [4.69, 9.17) is 5.11 Å². The first-order valence-electron chi connectivity index (χ1n) is 4.95. The summed E-state index contributed by atoms with van der Waals surface area (Å²) >= 11 is 0. The quantitative estimate of drug-likeness (QED) is 0.747. The molecule has 0 saturated carbocycles. The van der Waals surface area contributed by atoms with E-state index in [1.807, 2.05) is 6.92 Å². The smallest absolute Gasteiger partial charge is 0.318 e. The molecule has 0 fully saturated rings. The number of nitrogens with one attached hydrogen (secondary N) is 1. The molecule has 0 bridgehead atoms. The predicted octanol–water partition coefficient (Wildman–Crippen LogP) is 0.952. The highest BCUT2D eigenvalue weighted by atomic mass is 16.4. The van der Waals surface area contributed by atoms with E-state index in [1.54, 1.807) is 10.9 Å². The van der Waals surface area contributed by atoms with Crippen molar-refractivity contribution >= 4 is 17.6 Å².